The first-order valence-corrected chi connectivity index (χ1v) is 53.2. The Hall–Kier alpha value is -11.3. The summed E-state index contributed by atoms with van der Waals surface area (Å²) in [5.41, 5.74) is 9.97. The number of benzene rings is 8. The number of nitrogens with one attached hydrogen (secondary N) is 4. The quantitative estimate of drug-likeness (QED) is 0.0305. The van der Waals surface area contributed by atoms with Crippen LogP contribution in [0.5, 0.6) is 23.0 Å². The zero-order valence-electron chi connectivity index (χ0n) is 85.6. The fourth-order valence-electron chi connectivity index (χ4n) is 24.1. The maximum absolute atomic E-state index is 15.8. The maximum Gasteiger partial charge on any atom is 0.322 e. The molecule has 28 heteroatoms. The number of rotatable bonds is 31. The fourth-order valence-corrected chi connectivity index (χ4v) is 24.1. The van der Waals surface area contributed by atoms with Crippen molar-refractivity contribution in [2.24, 2.45) is 41.4 Å². The summed E-state index contributed by atoms with van der Waals surface area (Å²) in [6, 6.07) is 43.1. The number of aromatic nitrogens is 4. The van der Waals surface area contributed by atoms with Gasteiger partial charge in [-0.25, -0.2) is 30.7 Å². The third kappa shape index (κ3) is 22.1. The number of alkyl halides is 4. The highest BCUT2D eigenvalue weighted by atomic mass is 19.3. The Labute approximate surface area is 849 Å². The maximum atomic E-state index is 15.8. The van der Waals surface area contributed by atoms with E-state index in [0.29, 0.717) is 112 Å². The lowest BCUT2D eigenvalue weighted by Crippen LogP contribution is -2.52. The van der Waals surface area contributed by atoms with Gasteiger partial charge in [-0.05, 0) is 212 Å². The van der Waals surface area contributed by atoms with E-state index >= 15 is 26.3 Å². The molecule has 0 spiro atoms. The van der Waals surface area contributed by atoms with Gasteiger partial charge in [-0.1, -0.05) is 131 Å². The first kappa shape index (κ1) is 103. The van der Waals surface area contributed by atoms with Gasteiger partial charge in [0.25, 0.3) is 5.91 Å². The largest absolute Gasteiger partial charge is 0.493 e. The number of aromatic amines is 4. The van der Waals surface area contributed by atoms with Crippen molar-refractivity contribution in [2.45, 2.75) is 238 Å². The molecule has 0 bridgehead atoms. The minimum Gasteiger partial charge on any atom is -0.493 e. The van der Waals surface area contributed by atoms with Crippen molar-refractivity contribution in [3.63, 3.8) is 0 Å². The summed E-state index contributed by atoms with van der Waals surface area (Å²) in [5, 5.41) is 4.18. The molecule has 0 radical (unpaired) electrons. The Morgan fingerprint density at radius 3 is 1.05 bits per heavy atom. The molecule has 3 saturated heterocycles. The molecule has 3 amide bonds. The highest BCUT2D eigenvalue weighted by Crippen LogP contribution is 2.51. The molecule has 3 aliphatic carbocycles. The van der Waals surface area contributed by atoms with Crippen molar-refractivity contribution >= 4 is 61.3 Å². The Bertz CT molecular complexity index is 6570. The van der Waals surface area contributed by atoms with Crippen molar-refractivity contribution in [3.8, 4) is 23.0 Å². The van der Waals surface area contributed by atoms with E-state index in [2.05, 4.69) is 104 Å². The molecule has 6 fully saturated rings. The minimum atomic E-state index is -3.71. The zero-order chi connectivity index (χ0) is 102. The number of para-hydroxylation sites is 4. The van der Waals surface area contributed by atoms with Crippen LogP contribution in [0.4, 0.5) is 43.9 Å². The molecule has 4 aromatic heterocycles. The second-order valence-electron chi connectivity index (χ2n) is 43.9. The lowest BCUT2D eigenvalue weighted by Gasteiger charge is -2.43. The number of carbonyl (C=O) groups is 3. The number of fused-ring (bicyclic) bond motifs is 12. The number of hydrogen-bond acceptors (Lipinski definition) is 11. The van der Waals surface area contributed by atoms with E-state index in [0.717, 1.165) is 199 Å². The highest BCUT2D eigenvalue weighted by Gasteiger charge is 2.50. The van der Waals surface area contributed by atoms with Crippen LogP contribution in [0.15, 0.2) is 158 Å². The summed E-state index contributed by atoms with van der Waals surface area (Å²) in [6.45, 7) is 27.9. The molecule has 778 valence electrons. The lowest BCUT2D eigenvalue weighted by molar-refractivity contribution is -0.160. The van der Waals surface area contributed by atoms with Crippen LogP contribution in [0.1, 0.15) is 244 Å². The lowest BCUT2D eigenvalue weighted by atomic mass is 9.72. The van der Waals surface area contributed by atoms with Gasteiger partial charge in [0.15, 0.2) is 0 Å². The summed E-state index contributed by atoms with van der Waals surface area (Å²) in [7, 11) is 0. The second kappa shape index (κ2) is 43.8. The number of ether oxygens (including phenoxy) is 4. The number of likely N-dealkylation sites (tertiary alicyclic amines) is 3. The van der Waals surface area contributed by atoms with Crippen LogP contribution in [0.25, 0.3) is 43.6 Å². The monoisotopic (exact) mass is 2010 g/mol. The van der Waals surface area contributed by atoms with Gasteiger partial charge in [-0.2, -0.15) is 8.78 Å². The molecule has 18 nitrogen and oxygen atoms in total. The van der Waals surface area contributed by atoms with Crippen LogP contribution in [0.2, 0.25) is 0 Å². The Morgan fingerprint density at radius 1 is 0.377 bits per heavy atom. The highest BCUT2D eigenvalue weighted by molar-refractivity contribution is 5.91. The van der Waals surface area contributed by atoms with Crippen LogP contribution in [-0.4, -0.2) is 206 Å². The molecule has 3 saturated carbocycles. The molecule has 22 rings (SSSR count). The van der Waals surface area contributed by atoms with Crippen LogP contribution in [0, 0.1) is 76.3 Å². The van der Waals surface area contributed by atoms with E-state index in [1.54, 1.807) is 36.6 Å². The van der Waals surface area contributed by atoms with Crippen molar-refractivity contribution < 1.29 is 77.2 Å². The Morgan fingerprint density at radius 2 is 0.705 bits per heavy atom. The Balaban J connectivity index is 0.000000123. The molecule has 8 atom stereocenters. The van der Waals surface area contributed by atoms with Crippen LogP contribution >= 0.6 is 0 Å². The summed E-state index contributed by atoms with van der Waals surface area (Å²) in [6.07, 6.45) is 15.5. The first-order chi connectivity index (χ1) is 70.2. The van der Waals surface area contributed by atoms with E-state index in [1.807, 2.05) is 92.7 Å². The normalized spacial score (nSPS) is 22.5. The first-order valence-electron chi connectivity index (χ1n) is 53.2. The molecule has 0 unspecified atom stereocenters. The number of halogens is 10. The topological polar surface area (TPSA) is 174 Å². The molecule has 7 aliphatic heterocycles. The average molecular weight is 2010 g/mol. The molecule has 10 aliphatic rings. The van der Waals surface area contributed by atoms with Crippen molar-refractivity contribution in [1.29, 1.82) is 0 Å². The minimum absolute atomic E-state index is 0.0192. The van der Waals surface area contributed by atoms with Crippen LogP contribution < -0.4 is 18.9 Å². The predicted octanol–water partition coefficient (Wildman–Crippen LogP) is 24.8. The molecule has 146 heavy (non-hydrogen) atoms. The Kier molecular flexibility index (Phi) is 31.0. The summed E-state index contributed by atoms with van der Waals surface area (Å²) >= 11 is 0. The van der Waals surface area contributed by atoms with Gasteiger partial charge in [0.05, 0.1) is 36.0 Å². The van der Waals surface area contributed by atoms with Gasteiger partial charge in [-0.15, -0.1) is 0 Å². The number of amides is 3. The molecule has 4 N–H and O–H groups in total. The second-order valence-corrected chi connectivity index (χ2v) is 43.9. The van der Waals surface area contributed by atoms with E-state index in [4.69, 9.17) is 18.9 Å². The molecule has 8 aromatic carbocycles. The standard InChI is InChI=1S/C31H37F2N3O2.C31H36F2N2O2.C28H31F4N3O2.C28H35F2N3O/c1-3-20-17-35(18-20)11-12-38-22-15-25(32)29(26(33)16-22)31-30-24(23-9-4-5-10-27(23)34-30)13-19(2)36(31)28(37)14-21-7-6-8-21;1-3-19-13-21(14-19)10-11-37-22-16-25(32)29(26(33)17-22)31-30-24(23-6-4-5-7-27(23)34-30)12-18(2)35(31)28(36)15-20-8-9-20;1-4-17-14-34(15-17)9-10-37-18-12-21(29)24(22(30)13-18)26-25-20(19-7-5-6-8-23(19)33-25)11-16(2)35(26)27(36)28(3,31)32;1-19-14-24-23-6-4-5-7-25(23)31-26(24)27(33(19)18-28(2,3)30)21-8-10-22(11-9-21)34-13-12-32-16-20(15-29)17-32/h4-5,9-10,15-16,19-21,31,34H,3,6-8,11-14,17-18H2,1-2H3;4-7,16-21,31,34H,3,8-15H2,1-2H3;5-8,12-13,16-17,26,33H,4,9-11,14-15H2,1-3H3;4-11,19-20,27,31H,12-18H2,1-3H3/t19-,31-;18-,19?,21?,31-;16-,26-;19-,27-/m1111/s1. The van der Waals surface area contributed by atoms with E-state index < -0.39 is 82.1 Å². The molecular formula is C118H139F10N11O7. The number of H-pyrrole nitrogens is 4. The van der Waals surface area contributed by atoms with Gasteiger partial charge >= 0.3 is 5.92 Å². The van der Waals surface area contributed by atoms with Gasteiger partial charge in [0.2, 0.25) is 11.8 Å². The summed E-state index contributed by atoms with van der Waals surface area (Å²) in [4.78, 5) is 67.0. The van der Waals surface area contributed by atoms with E-state index in [1.165, 1.54) is 60.9 Å². The van der Waals surface area contributed by atoms with Crippen LogP contribution in [0.3, 0.4) is 0 Å². The molecular weight excluding hydrogens is 1870 g/mol. The third-order valence-electron chi connectivity index (χ3n) is 32.6. The fraction of sp³-hybridized carbons (Fsp3) is 0.500. The third-order valence-corrected chi connectivity index (χ3v) is 32.6. The molecule has 11 heterocycles. The number of carbonyl (C=O) groups excluding carboxylic acids is 3. The average Bonchev–Trinajstić information content (AvgIpc) is 1.58. The number of nitrogens with zero attached hydrogens (tertiary/aromatic N) is 7. The summed E-state index contributed by atoms with van der Waals surface area (Å²) < 4.78 is 174. The van der Waals surface area contributed by atoms with Crippen molar-refractivity contribution in [1.82, 2.24) is 54.2 Å². The SMILES string of the molecule is CCC1CC(CCOc2cc(F)c([C@@H]3c4[nH]c5ccccc5c4C[C@@H](C)N3C(=O)CC3CC3)c(F)c2)C1.CCC1CN(CCOc2cc(F)c([C@@H]3c4[nH]c5ccccc5c4C[C@@H](C)N3C(=O)C(C)(F)F)c(F)c2)C1.CCC1CN(CCOc2cc(F)c([C@@H]3c4[nH]c5ccccc5c4C[C@@H](C)N3C(=O)CC3CCC3)c(F)c2)C1.C[C@@H]1Cc2c([nH]c3ccccc23)[C@@H](c2ccc(OCCN3CC(CF)C3)cc2)N1CC(C)(C)F. The predicted molar refractivity (Wildman–Crippen MR) is 551 cm³/mol. The zero-order valence-corrected chi connectivity index (χ0v) is 85.6. The van der Waals surface area contributed by atoms with Crippen LogP contribution in [-0.2, 0) is 40.1 Å². The van der Waals surface area contributed by atoms with Gasteiger partial charge < -0.3 is 53.6 Å². The smallest absolute Gasteiger partial charge is 0.322 e. The van der Waals surface area contributed by atoms with Gasteiger partial charge in [-0.3, -0.25) is 38.4 Å². The van der Waals surface area contributed by atoms with E-state index in [9.17, 15) is 31.9 Å². The van der Waals surface area contributed by atoms with Gasteiger partial charge in [0.1, 0.15) is 102 Å². The number of hydrogen-bond donors (Lipinski definition) is 4. The van der Waals surface area contributed by atoms with Gasteiger partial charge in [0, 0.05) is 218 Å². The summed E-state index contributed by atoms with van der Waals surface area (Å²) in [5.74, 6) is -4.78. The van der Waals surface area contributed by atoms with Crippen molar-refractivity contribution in [2.75, 3.05) is 98.5 Å². The molecule has 12 aromatic rings. The van der Waals surface area contributed by atoms with Crippen molar-refractivity contribution in [3.05, 3.63) is 260 Å². The van der Waals surface area contributed by atoms with E-state index in [-0.39, 0.29) is 90.0 Å².